The number of nitrogen functional groups attached to an aromatic ring is 1. The van der Waals surface area contributed by atoms with Crippen molar-refractivity contribution >= 4 is 29.1 Å². The van der Waals surface area contributed by atoms with E-state index >= 15 is 0 Å². The standard InChI is InChI=1S/C21H22ClF3N4O4.C8H13N/c1-10-6-29(7-17(30)33-8-10)19-13-9-32-16(5-15(13)27-20(28-19)31-2)12-3-11(26)4-14(22)18(12)21(23,24)25;1-7-5-8-3-2-4-9(8)6-7/h3-4,10,16H,5-9,26H2,1-2H3;8H,1-6H2. The van der Waals surface area contributed by atoms with E-state index < -0.39 is 28.8 Å². The number of rotatable bonds is 3. The number of methoxy groups -OCH3 is 1. The lowest BCUT2D eigenvalue weighted by atomic mass is 9.94. The summed E-state index contributed by atoms with van der Waals surface area (Å²) in [6.45, 7) is 9.13. The summed E-state index contributed by atoms with van der Waals surface area (Å²) < 4.78 is 57.5. The average Bonchev–Trinajstić information content (AvgIpc) is 3.45. The van der Waals surface area contributed by atoms with E-state index in [-0.39, 0.29) is 49.4 Å². The highest BCUT2D eigenvalue weighted by molar-refractivity contribution is 6.31. The molecule has 228 valence electrons. The Balaban J connectivity index is 0.000000330. The number of fused-ring (bicyclic) bond motifs is 2. The number of alkyl halides is 3. The number of hydrogen-bond donors (Lipinski definition) is 1. The number of benzene rings is 1. The maximum atomic E-state index is 13.8. The Morgan fingerprint density at radius 3 is 2.71 bits per heavy atom. The Morgan fingerprint density at radius 1 is 1.21 bits per heavy atom. The van der Waals surface area contributed by atoms with Crippen LogP contribution < -0.4 is 15.4 Å². The number of carbonyl (C=O) groups excluding carboxylic acids is 1. The van der Waals surface area contributed by atoms with Gasteiger partial charge in [0.25, 0.3) is 0 Å². The molecule has 3 atom stereocenters. The molecule has 0 saturated carbocycles. The number of cyclic esters (lactones) is 1. The Hall–Kier alpha value is -3.09. The van der Waals surface area contributed by atoms with E-state index in [1.807, 2.05) is 6.92 Å². The molecule has 1 aromatic carbocycles. The lowest BCUT2D eigenvalue weighted by Crippen LogP contribution is -2.34. The first kappa shape index (κ1) is 30.4. The van der Waals surface area contributed by atoms with Crippen LogP contribution in [-0.2, 0) is 33.5 Å². The smallest absolute Gasteiger partial charge is 0.418 e. The highest BCUT2D eigenvalue weighted by Gasteiger charge is 2.40. The van der Waals surface area contributed by atoms with Crippen molar-refractivity contribution < 1.29 is 32.2 Å². The summed E-state index contributed by atoms with van der Waals surface area (Å²) in [5, 5.41) is -0.495. The van der Waals surface area contributed by atoms with Crippen molar-refractivity contribution in [1.29, 1.82) is 0 Å². The molecule has 3 fully saturated rings. The summed E-state index contributed by atoms with van der Waals surface area (Å²) in [6, 6.07) is 3.21. The van der Waals surface area contributed by atoms with E-state index in [1.54, 1.807) is 4.90 Å². The third kappa shape index (κ3) is 6.60. The Kier molecular flexibility index (Phi) is 8.86. The molecule has 42 heavy (non-hydrogen) atoms. The predicted molar refractivity (Wildman–Crippen MR) is 151 cm³/mol. The topological polar surface area (TPSA) is 103 Å². The fraction of sp³-hybridized carbons (Fsp3) is 0.552. The van der Waals surface area contributed by atoms with Crippen LogP contribution >= 0.6 is 11.6 Å². The summed E-state index contributed by atoms with van der Waals surface area (Å²) in [7, 11) is 1.39. The molecule has 6 rings (SSSR count). The van der Waals surface area contributed by atoms with E-state index in [0.29, 0.717) is 23.6 Å². The highest BCUT2D eigenvalue weighted by Crippen LogP contribution is 2.44. The molecule has 4 aliphatic rings. The van der Waals surface area contributed by atoms with Crippen LogP contribution in [0.5, 0.6) is 6.01 Å². The number of nitrogens with zero attached hydrogens (tertiary/aromatic N) is 4. The van der Waals surface area contributed by atoms with Crippen molar-refractivity contribution in [3.8, 4) is 6.01 Å². The summed E-state index contributed by atoms with van der Waals surface area (Å²) >= 11 is 5.90. The third-order valence-electron chi connectivity index (χ3n) is 7.94. The molecule has 1 aromatic heterocycles. The Labute approximate surface area is 247 Å². The van der Waals surface area contributed by atoms with Crippen molar-refractivity contribution in [1.82, 2.24) is 14.9 Å². The quantitative estimate of drug-likeness (QED) is 0.294. The minimum absolute atomic E-state index is 0.0118. The number of ether oxygens (including phenoxy) is 3. The second-order valence-corrected chi connectivity index (χ2v) is 11.7. The first-order valence-corrected chi connectivity index (χ1v) is 14.3. The Morgan fingerprint density at radius 2 is 2.00 bits per heavy atom. The van der Waals surface area contributed by atoms with Crippen LogP contribution in [-0.4, -0.2) is 66.8 Å². The van der Waals surface area contributed by atoms with Gasteiger partial charge in [-0.3, -0.25) is 9.69 Å². The molecule has 3 unspecified atom stereocenters. The zero-order valence-electron chi connectivity index (χ0n) is 23.7. The average molecular weight is 610 g/mol. The molecule has 3 saturated heterocycles. The minimum Gasteiger partial charge on any atom is -0.467 e. The normalized spacial score (nSPS) is 24.3. The Bertz CT molecular complexity index is 1340. The van der Waals surface area contributed by atoms with Gasteiger partial charge in [-0.1, -0.05) is 30.7 Å². The molecule has 0 spiro atoms. The maximum Gasteiger partial charge on any atom is 0.418 e. The van der Waals surface area contributed by atoms with Crippen LogP contribution in [0.15, 0.2) is 24.3 Å². The molecule has 2 aromatic rings. The molecule has 0 bridgehead atoms. The first-order chi connectivity index (χ1) is 19.9. The first-order valence-electron chi connectivity index (χ1n) is 14.0. The molecule has 13 heteroatoms. The molecular weight excluding hydrogens is 575 g/mol. The number of halogens is 4. The van der Waals surface area contributed by atoms with Gasteiger partial charge in [0.05, 0.1) is 42.7 Å². The van der Waals surface area contributed by atoms with Gasteiger partial charge in [-0.05, 0) is 43.5 Å². The number of nitrogens with two attached hydrogens (primary N) is 1. The lowest BCUT2D eigenvalue weighted by molar-refractivity contribution is -0.142. The summed E-state index contributed by atoms with van der Waals surface area (Å²) in [4.78, 5) is 25.1. The fourth-order valence-electron chi connectivity index (χ4n) is 6.10. The molecule has 5 heterocycles. The van der Waals surface area contributed by atoms with E-state index in [0.717, 1.165) is 12.1 Å². The van der Waals surface area contributed by atoms with Gasteiger partial charge in [0.1, 0.15) is 12.4 Å². The summed E-state index contributed by atoms with van der Waals surface area (Å²) in [5.41, 5.74) is 7.21. The number of hydrogen-bond acceptors (Lipinski definition) is 9. The van der Waals surface area contributed by atoms with Crippen molar-refractivity contribution in [3.05, 3.63) is 51.7 Å². The van der Waals surface area contributed by atoms with E-state index in [1.165, 1.54) is 51.1 Å². The lowest BCUT2D eigenvalue weighted by Gasteiger charge is -2.31. The van der Waals surface area contributed by atoms with E-state index in [2.05, 4.69) is 21.4 Å². The van der Waals surface area contributed by atoms with Crippen molar-refractivity contribution in [2.75, 3.05) is 50.5 Å². The number of anilines is 2. The van der Waals surface area contributed by atoms with Crippen LogP contribution in [0.2, 0.25) is 5.02 Å². The predicted octanol–water partition coefficient (Wildman–Crippen LogP) is 4.96. The van der Waals surface area contributed by atoms with Gasteiger partial charge >= 0.3 is 18.2 Å². The number of esters is 1. The van der Waals surface area contributed by atoms with Crippen molar-refractivity contribution in [3.63, 3.8) is 0 Å². The van der Waals surface area contributed by atoms with Crippen molar-refractivity contribution in [2.45, 2.75) is 57.5 Å². The largest absolute Gasteiger partial charge is 0.467 e. The minimum atomic E-state index is -4.69. The molecular formula is C29H35ClF3N5O4. The van der Waals surface area contributed by atoms with E-state index in [4.69, 9.17) is 31.5 Å². The van der Waals surface area contributed by atoms with Gasteiger partial charge in [0.2, 0.25) is 0 Å². The molecule has 4 aliphatic heterocycles. The monoisotopic (exact) mass is 609 g/mol. The van der Waals surface area contributed by atoms with Crippen LogP contribution in [0, 0.1) is 5.92 Å². The summed E-state index contributed by atoms with van der Waals surface area (Å²) in [6.07, 6.45) is -1.56. The fourth-order valence-corrected chi connectivity index (χ4v) is 6.44. The van der Waals surface area contributed by atoms with Gasteiger partial charge in [0.15, 0.2) is 0 Å². The van der Waals surface area contributed by atoms with Crippen LogP contribution in [0.1, 0.15) is 54.7 Å². The van der Waals surface area contributed by atoms with E-state index in [9.17, 15) is 18.0 Å². The van der Waals surface area contributed by atoms with Crippen LogP contribution in [0.25, 0.3) is 0 Å². The molecule has 0 amide bonds. The van der Waals surface area contributed by atoms with Gasteiger partial charge in [-0.15, -0.1) is 0 Å². The van der Waals surface area contributed by atoms with Crippen LogP contribution in [0.4, 0.5) is 24.7 Å². The van der Waals surface area contributed by atoms with Gasteiger partial charge in [-0.2, -0.15) is 23.1 Å². The second-order valence-electron chi connectivity index (χ2n) is 11.3. The molecule has 2 N–H and O–H groups in total. The van der Waals surface area contributed by atoms with Crippen LogP contribution in [0.3, 0.4) is 0 Å². The van der Waals surface area contributed by atoms with Gasteiger partial charge in [0, 0.05) is 42.7 Å². The second kappa shape index (κ2) is 12.3. The van der Waals surface area contributed by atoms with Gasteiger partial charge < -0.3 is 24.8 Å². The third-order valence-corrected chi connectivity index (χ3v) is 8.24. The maximum absolute atomic E-state index is 13.8. The molecule has 0 aliphatic carbocycles. The highest BCUT2D eigenvalue weighted by atomic mass is 35.5. The number of carbonyl (C=O) groups is 1. The zero-order chi connectivity index (χ0) is 30.2. The van der Waals surface area contributed by atoms with Crippen molar-refractivity contribution in [2.24, 2.45) is 5.92 Å². The SMILES string of the molecule is C=C1CC2CCCN2C1.COc1nc2c(c(N3CC(=O)OCC(C)C3)n1)COC(c1cc(N)cc(Cl)c1C(F)(F)F)C2. The molecule has 0 radical (unpaired) electrons. The number of aromatic nitrogens is 2. The zero-order valence-corrected chi connectivity index (χ0v) is 24.4. The van der Waals surface area contributed by atoms with Gasteiger partial charge in [-0.25, -0.2) is 0 Å². The molecule has 9 nitrogen and oxygen atoms in total. The summed E-state index contributed by atoms with van der Waals surface area (Å²) in [5.74, 6) is 0.0845.